The van der Waals surface area contributed by atoms with Gasteiger partial charge in [-0.15, -0.1) is 0 Å². The van der Waals surface area contributed by atoms with Crippen LogP contribution in [-0.4, -0.2) is 77.6 Å². The summed E-state index contributed by atoms with van der Waals surface area (Å²) in [5.41, 5.74) is 6.38. The molecule has 0 aliphatic heterocycles. The van der Waals surface area contributed by atoms with Gasteiger partial charge >= 0.3 is 0 Å². The lowest BCUT2D eigenvalue weighted by Gasteiger charge is -2.43. The third kappa shape index (κ3) is 2.04. The number of nitrogen functional groups attached to an aromatic ring is 1. The SMILES string of the molecule is CO[C@@H]1[C@@H](O)[C@@H](O)[C@H](O)[C@H](O)[C@H]1n1cnc2c(N)ncnc21. The predicted molar refractivity (Wildman–Crippen MR) is 73.6 cm³/mol. The third-order valence-electron chi connectivity index (χ3n) is 4.05. The standard InChI is InChI=1S/C12H17N5O5/c1-22-10-5(6(18)7(19)8(20)9(10)21)17-3-16-4-11(13)14-2-15-12(4)17/h2-3,5-10,18-21H,1H3,(H2,13,14,15)/t5-,6-,7-,8+,9+,10+/m1/s1. The fraction of sp³-hybridized carbons (Fsp3) is 0.583. The number of aliphatic hydroxyl groups is 4. The van der Waals surface area contributed by atoms with E-state index in [2.05, 4.69) is 15.0 Å². The molecule has 2 aromatic rings. The number of aliphatic hydroxyl groups excluding tert-OH is 4. The monoisotopic (exact) mass is 311 g/mol. The maximum Gasteiger partial charge on any atom is 0.165 e. The molecule has 2 aromatic heterocycles. The van der Waals surface area contributed by atoms with Gasteiger partial charge in [0.05, 0.1) is 12.4 Å². The average Bonchev–Trinajstić information content (AvgIpc) is 2.93. The summed E-state index contributed by atoms with van der Waals surface area (Å²) >= 11 is 0. The van der Waals surface area contributed by atoms with E-state index in [-0.39, 0.29) is 5.82 Å². The van der Waals surface area contributed by atoms with E-state index in [1.54, 1.807) is 0 Å². The van der Waals surface area contributed by atoms with Crippen LogP contribution in [0.5, 0.6) is 0 Å². The Morgan fingerprint density at radius 1 is 1.05 bits per heavy atom. The number of nitrogens with two attached hydrogens (primary N) is 1. The number of aromatic nitrogens is 4. The van der Waals surface area contributed by atoms with Gasteiger partial charge in [0.2, 0.25) is 0 Å². The predicted octanol–water partition coefficient (Wildman–Crippen LogP) is -2.58. The second-order valence-corrected chi connectivity index (χ2v) is 5.24. The Hall–Kier alpha value is -1.85. The van der Waals surface area contributed by atoms with Crippen LogP contribution in [-0.2, 0) is 4.74 Å². The van der Waals surface area contributed by atoms with Crippen molar-refractivity contribution < 1.29 is 25.2 Å². The van der Waals surface area contributed by atoms with Crippen LogP contribution in [0.2, 0.25) is 0 Å². The van der Waals surface area contributed by atoms with Crippen molar-refractivity contribution in [1.82, 2.24) is 19.5 Å². The molecule has 1 fully saturated rings. The van der Waals surface area contributed by atoms with E-state index in [0.717, 1.165) is 0 Å². The molecule has 0 unspecified atom stereocenters. The molecule has 0 radical (unpaired) electrons. The number of rotatable bonds is 2. The van der Waals surface area contributed by atoms with Gasteiger partial charge in [0.25, 0.3) is 0 Å². The maximum absolute atomic E-state index is 10.3. The van der Waals surface area contributed by atoms with Crippen LogP contribution in [0.3, 0.4) is 0 Å². The topological polar surface area (TPSA) is 160 Å². The van der Waals surface area contributed by atoms with Crippen LogP contribution in [0.1, 0.15) is 6.04 Å². The van der Waals surface area contributed by atoms with Gasteiger partial charge in [-0.3, -0.25) is 0 Å². The van der Waals surface area contributed by atoms with Gasteiger partial charge < -0.3 is 35.5 Å². The van der Waals surface area contributed by atoms with Crippen LogP contribution in [0.25, 0.3) is 11.2 Å². The van der Waals surface area contributed by atoms with Crippen LogP contribution >= 0.6 is 0 Å². The zero-order valence-electron chi connectivity index (χ0n) is 11.7. The average molecular weight is 311 g/mol. The molecule has 10 nitrogen and oxygen atoms in total. The van der Waals surface area contributed by atoms with E-state index < -0.39 is 36.6 Å². The van der Waals surface area contributed by atoms with Crippen molar-refractivity contribution >= 4 is 17.0 Å². The highest BCUT2D eigenvalue weighted by atomic mass is 16.5. The number of hydrogen-bond acceptors (Lipinski definition) is 9. The smallest absolute Gasteiger partial charge is 0.165 e. The van der Waals surface area contributed by atoms with E-state index in [1.165, 1.54) is 24.3 Å². The Morgan fingerprint density at radius 2 is 1.73 bits per heavy atom. The van der Waals surface area contributed by atoms with E-state index in [0.29, 0.717) is 11.2 Å². The number of nitrogens with zero attached hydrogens (tertiary/aromatic N) is 4. The zero-order chi connectivity index (χ0) is 16.0. The second kappa shape index (κ2) is 5.41. The quantitative estimate of drug-likeness (QED) is 0.401. The van der Waals surface area contributed by atoms with Crippen molar-refractivity contribution in [2.24, 2.45) is 0 Å². The second-order valence-electron chi connectivity index (χ2n) is 5.24. The van der Waals surface area contributed by atoms with E-state index in [4.69, 9.17) is 10.5 Å². The summed E-state index contributed by atoms with van der Waals surface area (Å²) in [7, 11) is 1.33. The van der Waals surface area contributed by atoms with Crippen molar-refractivity contribution in [1.29, 1.82) is 0 Å². The lowest BCUT2D eigenvalue weighted by molar-refractivity contribution is -0.205. The molecule has 1 saturated carbocycles. The first-order valence-electron chi connectivity index (χ1n) is 6.65. The van der Waals surface area contributed by atoms with E-state index >= 15 is 0 Å². The number of ether oxygens (including phenoxy) is 1. The molecule has 6 atom stereocenters. The van der Waals surface area contributed by atoms with Gasteiger partial charge in [-0.25, -0.2) is 15.0 Å². The Morgan fingerprint density at radius 3 is 2.41 bits per heavy atom. The summed E-state index contributed by atoms with van der Waals surface area (Å²) in [4.78, 5) is 12.0. The molecule has 3 rings (SSSR count). The van der Waals surface area contributed by atoms with Crippen LogP contribution in [0.15, 0.2) is 12.7 Å². The number of hydrogen-bond donors (Lipinski definition) is 5. The molecule has 1 aliphatic rings. The van der Waals surface area contributed by atoms with Gasteiger partial charge in [-0.1, -0.05) is 0 Å². The van der Waals surface area contributed by atoms with Crippen molar-refractivity contribution in [3.63, 3.8) is 0 Å². The molecule has 22 heavy (non-hydrogen) atoms. The molecule has 0 aromatic carbocycles. The normalized spacial score (nSPS) is 35.9. The summed E-state index contributed by atoms with van der Waals surface area (Å²) in [6.07, 6.45) is -4.20. The van der Waals surface area contributed by atoms with Crippen LogP contribution < -0.4 is 5.73 Å². The summed E-state index contributed by atoms with van der Waals surface area (Å²) in [5.74, 6) is 0.171. The number of anilines is 1. The van der Waals surface area contributed by atoms with Gasteiger partial charge in [0.1, 0.15) is 42.4 Å². The van der Waals surface area contributed by atoms with Gasteiger partial charge in [0.15, 0.2) is 11.5 Å². The molecule has 120 valence electrons. The minimum atomic E-state index is -1.54. The molecule has 0 amide bonds. The summed E-state index contributed by atoms with van der Waals surface area (Å²) in [6.45, 7) is 0. The Bertz CT molecular complexity index is 679. The molecular weight excluding hydrogens is 294 g/mol. The summed E-state index contributed by atoms with van der Waals surface area (Å²) in [5, 5.41) is 40.1. The number of methoxy groups -OCH3 is 1. The fourth-order valence-electron chi connectivity index (χ4n) is 2.89. The zero-order valence-corrected chi connectivity index (χ0v) is 11.7. The minimum Gasteiger partial charge on any atom is -0.388 e. The summed E-state index contributed by atoms with van der Waals surface area (Å²) in [6, 6.07) is -0.905. The van der Waals surface area contributed by atoms with Crippen molar-refractivity contribution in [2.75, 3.05) is 12.8 Å². The fourth-order valence-corrected chi connectivity index (χ4v) is 2.89. The molecule has 10 heteroatoms. The third-order valence-corrected chi connectivity index (χ3v) is 4.05. The Kier molecular flexibility index (Phi) is 3.70. The molecule has 0 spiro atoms. The first kappa shape index (κ1) is 15.1. The van der Waals surface area contributed by atoms with E-state index in [9.17, 15) is 20.4 Å². The van der Waals surface area contributed by atoms with Crippen molar-refractivity contribution in [2.45, 2.75) is 36.6 Å². The van der Waals surface area contributed by atoms with E-state index in [1.807, 2.05) is 0 Å². The van der Waals surface area contributed by atoms with Crippen molar-refractivity contribution in [3.8, 4) is 0 Å². The molecular formula is C12H17N5O5. The molecule has 1 aliphatic carbocycles. The Labute approximate surface area is 124 Å². The summed E-state index contributed by atoms with van der Waals surface area (Å²) < 4.78 is 6.65. The minimum absolute atomic E-state index is 0.171. The largest absolute Gasteiger partial charge is 0.388 e. The maximum atomic E-state index is 10.3. The highest BCUT2D eigenvalue weighted by Gasteiger charge is 2.50. The number of imidazole rings is 1. The highest BCUT2D eigenvalue weighted by molar-refractivity contribution is 5.81. The first-order chi connectivity index (χ1) is 10.5. The van der Waals surface area contributed by atoms with Crippen LogP contribution in [0.4, 0.5) is 5.82 Å². The lowest BCUT2D eigenvalue weighted by Crippen LogP contribution is -2.61. The van der Waals surface area contributed by atoms with Gasteiger partial charge in [-0.05, 0) is 0 Å². The Balaban J connectivity index is 2.12. The van der Waals surface area contributed by atoms with Crippen LogP contribution in [0, 0.1) is 0 Å². The number of fused-ring (bicyclic) bond motifs is 1. The van der Waals surface area contributed by atoms with Crippen molar-refractivity contribution in [3.05, 3.63) is 12.7 Å². The van der Waals surface area contributed by atoms with Gasteiger partial charge in [-0.2, -0.15) is 0 Å². The van der Waals surface area contributed by atoms with Gasteiger partial charge in [0, 0.05) is 7.11 Å². The lowest BCUT2D eigenvalue weighted by atomic mass is 9.83. The molecule has 0 bridgehead atoms. The molecule has 2 heterocycles. The highest BCUT2D eigenvalue weighted by Crippen LogP contribution is 2.34. The first-order valence-corrected chi connectivity index (χ1v) is 6.65. The molecule has 6 N–H and O–H groups in total. The molecule has 0 saturated heterocycles.